The Labute approximate surface area is 83.6 Å². The number of hydrogen-bond donors (Lipinski definition) is 0. The summed E-state index contributed by atoms with van der Waals surface area (Å²) in [4.78, 5) is 33.6. The molecule has 0 aliphatic heterocycles. The van der Waals surface area contributed by atoms with E-state index in [1.54, 1.807) is 6.92 Å². The van der Waals surface area contributed by atoms with Crippen LogP contribution in [0.2, 0.25) is 0 Å². The van der Waals surface area contributed by atoms with Crippen molar-refractivity contribution >= 4 is 17.5 Å². The smallest absolute Gasteiger partial charge is 0.319 e. The molecule has 0 spiro atoms. The van der Waals surface area contributed by atoms with E-state index >= 15 is 0 Å². The molecule has 0 amide bonds. The zero-order valence-electron chi connectivity index (χ0n) is 9.05. The van der Waals surface area contributed by atoms with E-state index in [2.05, 4.69) is 0 Å². The van der Waals surface area contributed by atoms with Crippen molar-refractivity contribution in [2.45, 2.75) is 34.1 Å². The highest BCUT2D eigenvalue weighted by molar-refractivity contribution is 6.05. The van der Waals surface area contributed by atoms with E-state index in [-0.39, 0.29) is 24.6 Å². The van der Waals surface area contributed by atoms with E-state index in [1.807, 2.05) is 0 Å². The van der Waals surface area contributed by atoms with E-state index in [4.69, 9.17) is 4.74 Å². The van der Waals surface area contributed by atoms with E-state index in [1.165, 1.54) is 20.8 Å². The van der Waals surface area contributed by atoms with Gasteiger partial charge in [-0.1, -0.05) is 0 Å². The lowest BCUT2D eigenvalue weighted by Gasteiger charge is -2.22. The van der Waals surface area contributed by atoms with Crippen LogP contribution in [0.5, 0.6) is 0 Å². The summed E-state index contributed by atoms with van der Waals surface area (Å²) in [6.45, 7) is 5.95. The fourth-order valence-electron chi connectivity index (χ4n) is 1.13. The van der Waals surface area contributed by atoms with E-state index in [0.29, 0.717) is 0 Å². The second-order valence-corrected chi connectivity index (χ2v) is 3.49. The number of ether oxygens (including phenoxy) is 1. The van der Waals surface area contributed by atoms with Crippen LogP contribution < -0.4 is 0 Å². The molecule has 0 fully saturated rings. The highest BCUT2D eigenvalue weighted by atomic mass is 16.5. The molecular weight excluding hydrogens is 184 g/mol. The number of Topliss-reactive ketones (excluding diaryl/α,β-unsaturated/α-hetero) is 2. The molecule has 4 heteroatoms. The zero-order chi connectivity index (χ0) is 11.4. The predicted octanol–water partition coefficient (Wildman–Crippen LogP) is 1.12. The molecule has 0 aromatic rings. The van der Waals surface area contributed by atoms with Crippen LogP contribution in [0.15, 0.2) is 0 Å². The van der Waals surface area contributed by atoms with Gasteiger partial charge in [-0.3, -0.25) is 14.4 Å². The Morgan fingerprint density at radius 3 is 2.00 bits per heavy atom. The van der Waals surface area contributed by atoms with E-state index in [0.717, 1.165) is 0 Å². The molecule has 14 heavy (non-hydrogen) atoms. The fraction of sp³-hybridized carbons (Fsp3) is 0.700. The molecule has 0 aliphatic carbocycles. The minimum Gasteiger partial charge on any atom is -0.465 e. The highest BCUT2D eigenvalue weighted by Crippen LogP contribution is 2.25. The van der Waals surface area contributed by atoms with Crippen LogP contribution in [-0.4, -0.2) is 24.1 Å². The Bertz CT molecular complexity index is 257. The Morgan fingerprint density at radius 2 is 1.71 bits per heavy atom. The number of hydrogen-bond acceptors (Lipinski definition) is 4. The first-order valence-corrected chi connectivity index (χ1v) is 4.52. The zero-order valence-corrected chi connectivity index (χ0v) is 9.05. The molecule has 80 valence electrons. The first-order valence-electron chi connectivity index (χ1n) is 4.52. The van der Waals surface area contributed by atoms with Gasteiger partial charge < -0.3 is 4.74 Å². The van der Waals surface area contributed by atoms with Gasteiger partial charge in [-0.15, -0.1) is 0 Å². The predicted molar refractivity (Wildman–Crippen MR) is 50.7 cm³/mol. The highest BCUT2D eigenvalue weighted by Gasteiger charge is 2.40. The van der Waals surface area contributed by atoms with Crippen LogP contribution >= 0.6 is 0 Å². The van der Waals surface area contributed by atoms with Gasteiger partial charge in [-0.2, -0.15) is 0 Å². The average Bonchev–Trinajstić information content (AvgIpc) is 2.02. The lowest BCUT2D eigenvalue weighted by molar-refractivity contribution is -0.160. The van der Waals surface area contributed by atoms with Crippen LogP contribution in [-0.2, 0) is 19.1 Å². The van der Waals surface area contributed by atoms with Gasteiger partial charge in [0.15, 0.2) is 0 Å². The van der Waals surface area contributed by atoms with Gasteiger partial charge in [0, 0.05) is 6.42 Å². The second-order valence-electron chi connectivity index (χ2n) is 3.49. The maximum absolute atomic E-state index is 11.4. The molecule has 0 rings (SSSR count). The van der Waals surface area contributed by atoms with Crippen LogP contribution in [0, 0.1) is 5.41 Å². The van der Waals surface area contributed by atoms with Crippen LogP contribution in [0.4, 0.5) is 0 Å². The normalized spacial score (nSPS) is 14.3. The summed E-state index contributed by atoms with van der Waals surface area (Å²) in [5.41, 5.74) is -1.32. The Balaban J connectivity index is 4.80. The summed E-state index contributed by atoms with van der Waals surface area (Å²) in [6.07, 6.45) is -0.0961. The molecule has 0 saturated heterocycles. The average molecular weight is 200 g/mol. The van der Waals surface area contributed by atoms with Crippen molar-refractivity contribution in [1.82, 2.24) is 0 Å². The quantitative estimate of drug-likeness (QED) is 0.493. The summed E-state index contributed by atoms with van der Waals surface area (Å²) >= 11 is 0. The number of ketones is 2. The van der Waals surface area contributed by atoms with E-state index < -0.39 is 11.4 Å². The molecule has 0 saturated carbocycles. The van der Waals surface area contributed by atoms with Gasteiger partial charge in [0.1, 0.15) is 17.0 Å². The molecule has 4 nitrogen and oxygen atoms in total. The van der Waals surface area contributed by atoms with Crippen molar-refractivity contribution in [2.75, 3.05) is 6.61 Å². The maximum atomic E-state index is 11.4. The summed E-state index contributed by atoms with van der Waals surface area (Å²) < 4.78 is 4.76. The molecule has 0 aromatic carbocycles. The SMILES string of the molecule is CCOC(=O)C(C)(CC(C)=O)C(C)=O. The molecule has 0 radical (unpaired) electrons. The van der Waals surface area contributed by atoms with Gasteiger partial charge in [0.25, 0.3) is 0 Å². The van der Waals surface area contributed by atoms with Crippen LogP contribution in [0.25, 0.3) is 0 Å². The minimum atomic E-state index is -1.32. The van der Waals surface area contributed by atoms with Gasteiger partial charge >= 0.3 is 5.97 Å². The number of rotatable bonds is 5. The minimum absolute atomic E-state index is 0.0961. The topological polar surface area (TPSA) is 60.4 Å². The third-order valence-corrected chi connectivity index (χ3v) is 2.11. The van der Waals surface area contributed by atoms with E-state index in [9.17, 15) is 14.4 Å². The number of carbonyl (C=O) groups is 3. The number of esters is 1. The van der Waals surface area contributed by atoms with Crippen LogP contribution in [0.1, 0.15) is 34.1 Å². The lowest BCUT2D eigenvalue weighted by atomic mass is 9.81. The standard InChI is InChI=1S/C10H16O4/c1-5-14-9(13)10(4,8(3)12)6-7(2)11/h5-6H2,1-4H3. The summed E-state index contributed by atoms with van der Waals surface area (Å²) in [5.74, 6) is -1.16. The molecule has 0 bridgehead atoms. The van der Waals surface area contributed by atoms with Crippen molar-refractivity contribution in [3.05, 3.63) is 0 Å². The summed E-state index contributed by atoms with van der Waals surface area (Å²) in [7, 11) is 0. The summed E-state index contributed by atoms with van der Waals surface area (Å²) in [6, 6.07) is 0. The van der Waals surface area contributed by atoms with Crippen molar-refractivity contribution in [3.63, 3.8) is 0 Å². The Morgan fingerprint density at radius 1 is 1.21 bits per heavy atom. The largest absolute Gasteiger partial charge is 0.465 e. The molecule has 1 atom stereocenters. The third kappa shape index (κ3) is 2.94. The van der Waals surface area contributed by atoms with Crippen molar-refractivity contribution in [1.29, 1.82) is 0 Å². The molecule has 0 heterocycles. The summed E-state index contributed by atoms with van der Waals surface area (Å²) in [5, 5.41) is 0. The van der Waals surface area contributed by atoms with Gasteiger partial charge in [-0.05, 0) is 27.7 Å². The molecule has 0 N–H and O–H groups in total. The van der Waals surface area contributed by atoms with Gasteiger partial charge in [0.05, 0.1) is 6.61 Å². The Kier molecular flexibility index (Phi) is 4.47. The monoisotopic (exact) mass is 200 g/mol. The van der Waals surface area contributed by atoms with Crippen molar-refractivity contribution < 1.29 is 19.1 Å². The molecule has 1 unspecified atom stereocenters. The Hall–Kier alpha value is -1.19. The van der Waals surface area contributed by atoms with Crippen molar-refractivity contribution in [2.24, 2.45) is 5.41 Å². The second kappa shape index (κ2) is 4.88. The lowest BCUT2D eigenvalue weighted by Crippen LogP contribution is -2.38. The van der Waals surface area contributed by atoms with Gasteiger partial charge in [0.2, 0.25) is 0 Å². The third-order valence-electron chi connectivity index (χ3n) is 2.11. The number of carbonyl (C=O) groups excluding carboxylic acids is 3. The fourth-order valence-corrected chi connectivity index (χ4v) is 1.13. The maximum Gasteiger partial charge on any atom is 0.319 e. The first-order chi connectivity index (χ1) is 6.34. The molecule has 0 aromatic heterocycles. The van der Waals surface area contributed by atoms with Crippen LogP contribution in [0.3, 0.4) is 0 Å². The molecular formula is C10H16O4. The first kappa shape index (κ1) is 12.8. The molecule has 0 aliphatic rings. The van der Waals surface area contributed by atoms with Gasteiger partial charge in [-0.25, -0.2) is 0 Å². The van der Waals surface area contributed by atoms with Crippen molar-refractivity contribution in [3.8, 4) is 0 Å².